The standard InChI is InChI=1S/C18H14BrNO5/c1-11(17(22)12-6-8-13(19)9-7-12)24-16(21)10-20-14-4-2-3-5-15(14)25-18(20)23/h2-9,11H,10H2,1H3/t11-/m0/s1. The van der Waals surface area contributed by atoms with Gasteiger partial charge >= 0.3 is 11.7 Å². The van der Waals surface area contributed by atoms with E-state index in [1.165, 1.54) is 11.5 Å². The van der Waals surface area contributed by atoms with Crippen LogP contribution in [0.5, 0.6) is 0 Å². The van der Waals surface area contributed by atoms with Crippen LogP contribution in [0.4, 0.5) is 0 Å². The van der Waals surface area contributed by atoms with E-state index in [1.54, 1.807) is 48.5 Å². The van der Waals surface area contributed by atoms with E-state index in [4.69, 9.17) is 9.15 Å². The molecule has 2 aromatic carbocycles. The largest absolute Gasteiger partial charge is 0.453 e. The molecule has 0 saturated carbocycles. The lowest BCUT2D eigenvalue weighted by molar-refractivity contribution is -0.147. The Morgan fingerprint density at radius 1 is 1.16 bits per heavy atom. The van der Waals surface area contributed by atoms with Crippen LogP contribution in [0.2, 0.25) is 0 Å². The fourth-order valence-electron chi connectivity index (χ4n) is 2.43. The summed E-state index contributed by atoms with van der Waals surface area (Å²) in [5.74, 6) is -1.65. The van der Waals surface area contributed by atoms with Crippen LogP contribution in [-0.4, -0.2) is 22.4 Å². The molecule has 0 aliphatic heterocycles. The maximum atomic E-state index is 12.3. The minimum atomic E-state index is -0.956. The molecule has 6 nitrogen and oxygen atoms in total. The van der Waals surface area contributed by atoms with E-state index in [0.29, 0.717) is 16.7 Å². The second-order valence-electron chi connectivity index (χ2n) is 5.43. The van der Waals surface area contributed by atoms with Gasteiger partial charge in [0.15, 0.2) is 11.7 Å². The molecule has 0 amide bonds. The molecule has 0 fully saturated rings. The quantitative estimate of drug-likeness (QED) is 0.482. The fourth-order valence-corrected chi connectivity index (χ4v) is 2.69. The molecular weight excluding hydrogens is 390 g/mol. The molecule has 1 aromatic heterocycles. The van der Waals surface area contributed by atoms with Crippen molar-refractivity contribution < 1.29 is 18.7 Å². The Morgan fingerprint density at radius 3 is 2.56 bits per heavy atom. The van der Waals surface area contributed by atoms with Crippen LogP contribution < -0.4 is 5.76 Å². The number of oxazole rings is 1. The summed E-state index contributed by atoms with van der Waals surface area (Å²) >= 11 is 3.29. The Bertz CT molecular complexity index is 987. The van der Waals surface area contributed by atoms with Crippen molar-refractivity contribution in [2.45, 2.75) is 19.6 Å². The summed E-state index contributed by atoms with van der Waals surface area (Å²) in [5.41, 5.74) is 1.32. The van der Waals surface area contributed by atoms with E-state index in [0.717, 1.165) is 4.47 Å². The summed E-state index contributed by atoms with van der Waals surface area (Å²) in [6.45, 7) is 1.17. The number of aromatic nitrogens is 1. The highest BCUT2D eigenvalue weighted by Crippen LogP contribution is 2.14. The Kier molecular flexibility index (Phi) is 4.85. The average molecular weight is 404 g/mol. The van der Waals surface area contributed by atoms with Gasteiger partial charge in [-0.2, -0.15) is 0 Å². The number of nitrogens with zero attached hydrogens (tertiary/aromatic N) is 1. The normalized spacial score (nSPS) is 12.1. The molecule has 0 bridgehead atoms. The van der Waals surface area contributed by atoms with Gasteiger partial charge < -0.3 is 9.15 Å². The summed E-state index contributed by atoms with van der Waals surface area (Å²) in [4.78, 5) is 36.3. The summed E-state index contributed by atoms with van der Waals surface area (Å²) in [6.07, 6.45) is -0.956. The second-order valence-corrected chi connectivity index (χ2v) is 6.34. The average Bonchev–Trinajstić information content (AvgIpc) is 2.90. The lowest BCUT2D eigenvalue weighted by Gasteiger charge is -2.12. The van der Waals surface area contributed by atoms with Crippen molar-refractivity contribution in [3.8, 4) is 0 Å². The first-order valence-corrected chi connectivity index (χ1v) is 8.32. The van der Waals surface area contributed by atoms with Gasteiger partial charge in [-0.25, -0.2) is 4.79 Å². The van der Waals surface area contributed by atoms with E-state index >= 15 is 0 Å². The number of hydrogen-bond acceptors (Lipinski definition) is 5. The SMILES string of the molecule is C[C@H](OC(=O)Cn1c(=O)oc2ccccc21)C(=O)c1ccc(Br)cc1. The van der Waals surface area contributed by atoms with Crippen molar-refractivity contribution in [1.82, 2.24) is 4.57 Å². The van der Waals surface area contributed by atoms with Crippen molar-refractivity contribution in [3.05, 3.63) is 69.1 Å². The van der Waals surface area contributed by atoms with Crippen LogP contribution in [0.3, 0.4) is 0 Å². The van der Waals surface area contributed by atoms with Gasteiger partial charge in [0.05, 0.1) is 5.52 Å². The number of fused-ring (bicyclic) bond motifs is 1. The van der Waals surface area contributed by atoms with Crippen molar-refractivity contribution in [2.24, 2.45) is 0 Å². The molecule has 0 unspecified atom stereocenters. The summed E-state index contributed by atoms with van der Waals surface area (Å²) in [7, 11) is 0. The number of rotatable bonds is 5. The monoisotopic (exact) mass is 403 g/mol. The molecule has 7 heteroatoms. The Balaban J connectivity index is 1.71. The number of hydrogen-bond donors (Lipinski definition) is 0. The van der Waals surface area contributed by atoms with Crippen LogP contribution >= 0.6 is 15.9 Å². The smallest absolute Gasteiger partial charge is 0.420 e. The number of carbonyl (C=O) groups excluding carboxylic acids is 2. The third kappa shape index (κ3) is 3.71. The number of Topliss-reactive ketones (excluding diaryl/α,β-unsaturated/α-hetero) is 1. The molecular formula is C18H14BrNO5. The lowest BCUT2D eigenvalue weighted by atomic mass is 10.1. The van der Waals surface area contributed by atoms with Gasteiger partial charge in [-0.15, -0.1) is 0 Å². The van der Waals surface area contributed by atoms with Gasteiger partial charge in [-0.1, -0.05) is 40.2 Å². The maximum absolute atomic E-state index is 12.3. The third-order valence-electron chi connectivity index (χ3n) is 3.67. The van der Waals surface area contributed by atoms with Crippen LogP contribution in [0.1, 0.15) is 17.3 Å². The van der Waals surface area contributed by atoms with Gasteiger partial charge in [0.2, 0.25) is 5.78 Å². The van der Waals surface area contributed by atoms with E-state index in [2.05, 4.69) is 15.9 Å². The fraction of sp³-hybridized carbons (Fsp3) is 0.167. The van der Waals surface area contributed by atoms with Gasteiger partial charge in [-0.05, 0) is 31.2 Å². The van der Waals surface area contributed by atoms with Crippen LogP contribution in [-0.2, 0) is 16.1 Å². The van der Waals surface area contributed by atoms with Gasteiger partial charge in [0, 0.05) is 10.0 Å². The molecule has 1 heterocycles. The Labute approximate surface area is 151 Å². The zero-order valence-electron chi connectivity index (χ0n) is 13.3. The van der Waals surface area contributed by atoms with Gasteiger partial charge in [-0.3, -0.25) is 14.2 Å². The highest BCUT2D eigenvalue weighted by molar-refractivity contribution is 9.10. The van der Waals surface area contributed by atoms with Gasteiger partial charge in [0.25, 0.3) is 0 Å². The predicted octanol–water partition coefficient (Wildman–Crippen LogP) is 3.17. The van der Waals surface area contributed by atoms with E-state index in [9.17, 15) is 14.4 Å². The minimum Gasteiger partial charge on any atom is -0.453 e. The van der Waals surface area contributed by atoms with E-state index in [1.807, 2.05) is 0 Å². The number of ketones is 1. The number of esters is 1. The summed E-state index contributed by atoms with van der Waals surface area (Å²) < 4.78 is 12.3. The van der Waals surface area contributed by atoms with E-state index < -0.39 is 17.8 Å². The molecule has 0 aliphatic rings. The lowest BCUT2D eigenvalue weighted by Crippen LogP contribution is -2.28. The summed E-state index contributed by atoms with van der Waals surface area (Å²) in [5, 5.41) is 0. The molecule has 1 atom stereocenters. The molecule has 0 N–H and O–H groups in total. The Morgan fingerprint density at radius 2 is 1.84 bits per heavy atom. The highest BCUT2D eigenvalue weighted by Gasteiger charge is 2.21. The molecule has 0 aliphatic carbocycles. The first-order chi connectivity index (χ1) is 12.0. The van der Waals surface area contributed by atoms with Crippen molar-refractivity contribution in [1.29, 1.82) is 0 Å². The van der Waals surface area contributed by atoms with Crippen molar-refractivity contribution in [2.75, 3.05) is 0 Å². The molecule has 25 heavy (non-hydrogen) atoms. The number of halogens is 1. The zero-order valence-corrected chi connectivity index (χ0v) is 14.9. The van der Waals surface area contributed by atoms with Gasteiger partial charge in [0.1, 0.15) is 6.54 Å². The predicted molar refractivity (Wildman–Crippen MR) is 94.5 cm³/mol. The van der Waals surface area contributed by atoms with E-state index in [-0.39, 0.29) is 12.3 Å². The Hall–Kier alpha value is -2.67. The minimum absolute atomic E-state index is 0.315. The van der Waals surface area contributed by atoms with Crippen molar-refractivity contribution in [3.63, 3.8) is 0 Å². The first-order valence-electron chi connectivity index (χ1n) is 7.53. The van der Waals surface area contributed by atoms with Crippen molar-refractivity contribution >= 4 is 38.8 Å². The molecule has 128 valence electrons. The number of carbonyl (C=O) groups is 2. The topological polar surface area (TPSA) is 78.5 Å². The molecule has 0 saturated heterocycles. The molecule has 3 rings (SSSR count). The highest BCUT2D eigenvalue weighted by atomic mass is 79.9. The number of benzene rings is 2. The molecule has 3 aromatic rings. The van der Waals surface area contributed by atoms with Crippen LogP contribution in [0.25, 0.3) is 11.1 Å². The molecule has 0 radical (unpaired) electrons. The number of para-hydroxylation sites is 2. The molecule has 0 spiro atoms. The first kappa shape index (κ1) is 17.2. The summed E-state index contributed by atoms with van der Waals surface area (Å²) in [6, 6.07) is 13.5. The van der Waals surface area contributed by atoms with Crippen LogP contribution in [0.15, 0.2) is 62.2 Å². The zero-order chi connectivity index (χ0) is 18.0. The third-order valence-corrected chi connectivity index (χ3v) is 4.20. The second kappa shape index (κ2) is 7.06. The maximum Gasteiger partial charge on any atom is 0.420 e. The van der Waals surface area contributed by atoms with Crippen LogP contribution in [0, 0.1) is 0 Å². The number of ether oxygens (including phenoxy) is 1.